The highest BCUT2D eigenvalue weighted by Crippen LogP contribution is 2.31. The molecule has 4 aromatic rings. The number of aromatic nitrogens is 2. The number of nitrogens with one attached hydrogen (secondary N) is 1. The molecule has 1 aliphatic rings. The van der Waals surface area contributed by atoms with Crippen molar-refractivity contribution in [2.24, 2.45) is 0 Å². The van der Waals surface area contributed by atoms with Crippen molar-refractivity contribution in [3.63, 3.8) is 0 Å². The van der Waals surface area contributed by atoms with Gasteiger partial charge in [-0.05, 0) is 18.2 Å². The van der Waals surface area contributed by atoms with E-state index >= 15 is 0 Å². The number of quaternary nitrogens is 1. The van der Waals surface area contributed by atoms with Gasteiger partial charge in [-0.15, -0.1) is 0 Å². The smallest absolute Gasteiger partial charge is 0.254 e. The van der Waals surface area contributed by atoms with E-state index in [-0.39, 0.29) is 5.91 Å². The lowest BCUT2D eigenvalue weighted by Crippen LogP contribution is -3.12. The summed E-state index contributed by atoms with van der Waals surface area (Å²) in [5, 5.41) is 0. The van der Waals surface area contributed by atoms with Crippen molar-refractivity contribution in [2.45, 2.75) is 0 Å². The van der Waals surface area contributed by atoms with Crippen LogP contribution in [0.4, 0.5) is 0 Å². The van der Waals surface area contributed by atoms with Crippen molar-refractivity contribution in [3.05, 3.63) is 84.4 Å². The lowest BCUT2D eigenvalue weighted by molar-refractivity contribution is -0.883. The molecule has 5 nitrogen and oxygen atoms in total. The first kappa shape index (κ1) is 19.4. The van der Waals surface area contributed by atoms with Gasteiger partial charge in [-0.25, -0.2) is 9.97 Å². The number of hydrogen-bond acceptors (Lipinski definition) is 3. The molecule has 154 valence electrons. The third-order valence-electron chi connectivity index (χ3n) is 5.91. The minimum Gasteiger partial charge on any atom is -0.334 e. The second-order valence-electron chi connectivity index (χ2n) is 8.11. The van der Waals surface area contributed by atoms with Gasteiger partial charge in [0.25, 0.3) is 5.91 Å². The van der Waals surface area contributed by atoms with E-state index in [9.17, 15) is 4.79 Å². The minimum absolute atomic E-state index is 0.0737. The fourth-order valence-electron chi connectivity index (χ4n) is 4.06. The first-order valence-electron chi connectivity index (χ1n) is 10.7. The predicted octanol–water partition coefficient (Wildman–Crippen LogP) is 2.93. The number of amides is 1. The quantitative estimate of drug-likeness (QED) is 0.566. The Morgan fingerprint density at radius 1 is 0.774 bits per heavy atom. The van der Waals surface area contributed by atoms with Gasteiger partial charge in [0, 0.05) is 16.7 Å². The minimum atomic E-state index is 0.0737. The van der Waals surface area contributed by atoms with E-state index in [0.717, 1.165) is 59.7 Å². The molecule has 31 heavy (non-hydrogen) atoms. The highest BCUT2D eigenvalue weighted by atomic mass is 16.2. The first-order valence-corrected chi connectivity index (χ1v) is 10.7. The number of carbonyl (C=O) groups excluding carboxylic acids is 1. The molecular weight excluding hydrogens is 384 g/mol. The average molecular weight is 410 g/mol. The average Bonchev–Trinajstić information content (AvgIpc) is 2.84. The van der Waals surface area contributed by atoms with Crippen LogP contribution in [0.3, 0.4) is 0 Å². The molecule has 0 aliphatic carbocycles. The molecule has 3 aromatic carbocycles. The van der Waals surface area contributed by atoms with Gasteiger partial charge < -0.3 is 9.80 Å². The number of fused-ring (bicyclic) bond motifs is 1. The van der Waals surface area contributed by atoms with E-state index in [1.165, 1.54) is 4.90 Å². The summed E-state index contributed by atoms with van der Waals surface area (Å²) in [5.74, 6) is 0.0737. The molecule has 1 amide bonds. The molecular formula is C26H25N4O+. The zero-order valence-electron chi connectivity index (χ0n) is 17.6. The monoisotopic (exact) mass is 409 g/mol. The SMILES string of the molecule is C[NH+]1CCN(C(=O)c2ccc3nc(-c4ccccc4)c(-c4ccccc4)nc3c2)CC1. The Bertz CT molecular complexity index is 1220. The second kappa shape index (κ2) is 8.28. The predicted molar refractivity (Wildman–Crippen MR) is 123 cm³/mol. The molecule has 0 bridgehead atoms. The van der Waals surface area contributed by atoms with Crippen molar-refractivity contribution in [2.75, 3.05) is 33.2 Å². The van der Waals surface area contributed by atoms with Crippen molar-refractivity contribution < 1.29 is 9.69 Å². The standard InChI is InChI=1S/C26H24N4O/c1-29-14-16-30(17-15-29)26(31)21-12-13-22-23(18-21)28-25(20-10-6-3-7-11-20)24(27-22)19-8-4-2-5-9-19/h2-13,18H,14-17H2,1H3/p+1. The lowest BCUT2D eigenvalue weighted by Gasteiger charge is -2.30. The van der Waals surface area contributed by atoms with Crippen LogP contribution in [0.1, 0.15) is 10.4 Å². The molecule has 1 N–H and O–H groups in total. The van der Waals surface area contributed by atoms with Gasteiger partial charge in [-0.2, -0.15) is 0 Å². The normalized spacial score (nSPS) is 14.7. The van der Waals surface area contributed by atoms with Crippen LogP contribution < -0.4 is 4.90 Å². The van der Waals surface area contributed by atoms with E-state index in [1.807, 2.05) is 71.6 Å². The molecule has 0 unspecified atom stereocenters. The van der Waals surface area contributed by atoms with Crippen LogP contribution in [0, 0.1) is 0 Å². The van der Waals surface area contributed by atoms with Crippen molar-refractivity contribution in [1.29, 1.82) is 0 Å². The van der Waals surface area contributed by atoms with Gasteiger partial charge in [0.15, 0.2) is 0 Å². The van der Waals surface area contributed by atoms with Crippen LogP contribution in [0.15, 0.2) is 78.9 Å². The molecule has 0 spiro atoms. The fraction of sp³-hybridized carbons (Fsp3) is 0.192. The number of rotatable bonds is 3. The van der Waals surface area contributed by atoms with Gasteiger partial charge >= 0.3 is 0 Å². The summed E-state index contributed by atoms with van der Waals surface area (Å²) in [7, 11) is 2.17. The van der Waals surface area contributed by atoms with Crippen molar-refractivity contribution >= 4 is 16.9 Å². The van der Waals surface area contributed by atoms with Crippen LogP contribution in [0.25, 0.3) is 33.5 Å². The Balaban J connectivity index is 1.60. The van der Waals surface area contributed by atoms with Crippen LogP contribution in [-0.2, 0) is 0 Å². The third-order valence-corrected chi connectivity index (χ3v) is 5.91. The Morgan fingerprint density at radius 3 is 1.90 bits per heavy atom. The maximum Gasteiger partial charge on any atom is 0.254 e. The maximum absolute atomic E-state index is 13.1. The molecule has 1 aromatic heterocycles. The highest BCUT2D eigenvalue weighted by molar-refractivity contribution is 5.98. The molecule has 0 atom stereocenters. The molecule has 1 saturated heterocycles. The van der Waals surface area contributed by atoms with Crippen LogP contribution in [-0.4, -0.2) is 54.0 Å². The summed E-state index contributed by atoms with van der Waals surface area (Å²) in [4.78, 5) is 26.4. The molecule has 0 saturated carbocycles. The van der Waals surface area contributed by atoms with Gasteiger partial charge in [0.2, 0.25) is 0 Å². The van der Waals surface area contributed by atoms with E-state index < -0.39 is 0 Å². The van der Waals surface area contributed by atoms with Crippen LogP contribution in [0.2, 0.25) is 0 Å². The zero-order valence-corrected chi connectivity index (χ0v) is 17.6. The van der Waals surface area contributed by atoms with Gasteiger partial charge in [0.05, 0.1) is 55.6 Å². The molecule has 1 aliphatic heterocycles. The molecule has 0 radical (unpaired) electrons. The highest BCUT2D eigenvalue weighted by Gasteiger charge is 2.23. The third kappa shape index (κ3) is 3.92. The summed E-state index contributed by atoms with van der Waals surface area (Å²) >= 11 is 0. The summed E-state index contributed by atoms with van der Waals surface area (Å²) in [6.45, 7) is 3.54. The van der Waals surface area contributed by atoms with Gasteiger partial charge in [0.1, 0.15) is 0 Å². The van der Waals surface area contributed by atoms with Crippen molar-refractivity contribution in [3.8, 4) is 22.5 Å². The van der Waals surface area contributed by atoms with E-state index in [4.69, 9.17) is 9.97 Å². The lowest BCUT2D eigenvalue weighted by atomic mass is 10.0. The molecule has 5 rings (SSSR count). The summed E-state index contributed by atoms with van der Waals surface area (Å²) in [6.07, 6.45) is 0. The van der Waals surface area contributed by atoms with Gasteiger partial charge in [-0.3, -0.25) is 4.79 Å². The Labute approximate surface area is 182 Å². The number of hydrogen-bond donors (Lipinski definition) is 1. The summed E-state index contributed by atoms with van der Waals surface area (Å²) in [5.41, 5.74) is 5.91. The molecule has 2 heterocycles. The summed E-state index contributed by atoms with van der Waals surface area (Å²) < 4.78 is 0. The van der Waals surface area contributed by atoms with Crippen LogP contribution in [0.5, 0.6) is 0 Å². The summed E-state index contributed by atoms with van der Waals surface area (Å²) in [6, 6.07) is 25.9. The van der Waals surface area contributed by atoms with E-state index in [2.05, 4.69) is 19.2 Å². The maximum atomic E-state index is 13.1. The van der Waals surface area contributed by atoms with E-state index in [0.29, 0.717) is 5.56 Å². The Kier molecular flexibility index (Phi) is 5.18. The fourth-order valence-corrected chi connectivity index (χ4v) is 4.06. The van der Waals surface area contributed by atoms with Crippen LogP contribution >= 0.6 is 0 Å². The van der Waals surface area contributed by atoms with E-state index in [1.54, 1.807) is 0 Å². The topological polar surface area (TPSA) is 50.5 Å². The Hall–Kier alpha value is -3.57. The largest absolute Gasteiger partial charge is 0.334 e. The zero-order chi connectivity index (χ0) is 21.2. The number of piperazine rings is 1. The number of benzene rings is 3. The number of nitrogens with zero attached hydrogens (tertiary/aromatic N) is 3. The first-order chi connectivity index (χ1) is 15.2. The second-order valence-corrected chi connectivity index (χ2v) is 8.11. The number of likely N-dealkylation sites (N-methyl/N-ethyl adjacent to an activating group) is 1. The van der Waals surface area contributed by atoms with Crippen molar-refractivity contribution in [1.82, 2.24) is 14.9 Å². The van der Waals surface area contributed by atoms with Gasteiger partial charge in [-0.1, -0.05) is 60.7 Å². The Morgan fingerprint density at radius 2 is 1.32 bits per heavy atom. The molecule has 5 heteroatoms. The molecule has 1 fully saturated rings. The number of carbonyl (C=O) groups is 1.